The summed E-state index contributed by atoms with van der Waals surface area (Å²) in [5.74, 6) is 1.56. The van der Waals surface area contributed by atoms with Crippen molar-refractivity contribution in [2.75, 3.05) is 6.61 Å². The average Bonchev–Trinajstić information content (AvgIpc) is 2.51. The van der Waals surface area contributed by atoms with Crippen molar-refractivity contribution >= 4 is 6.08 Å². The molecule has 1 rings (SSSR count). The first-order chi connectivity index (χ1) is 10.2. The van der Waals surface area contributed by atoms with Gasteiger partial charge in [-0.05, 0) is 49.8 Å². The zero-order valence-electron chi connectivity index (χ0n) is 13.4. The van der Waals surface area contributed by atoms with Crippen LogP contribution in [0.25, 0.3) is 6.08 Å². The van der Waals surface area contributed by atoms with E-state index < -0.39 is 0 Å². The summed E-state index contributed by atoms with van der Waals surface area (Å²) in [6, 6.07) is 7.84. The molecule has 116 valence electrons. The van der Waals surface area contributed by atoms with Crippen LogP contribution in [0.1, 0.15) is 45.1 Å². The molecular formula is C19H28O2. The van der Waals surface area contributed by atoms with Gasteiger partial charge in [0.1, 0.15) is 5.75 Å². The highest BCUT2D eigenvalue weighted by Gasteiger charge is 2.06. The molecule has 0 aliphatic heterocycles. The number of benzene rings is 1. The fourth-order valence-corrected chi connectivity index (χ4v) is 2.25. The molecule has 0 aliphatic rings. The van der Waals surface area contributed by atoms with Crippen molar-refractivity contribution in [2.24, 2.45) is 5.92 Å². The highest BCUT2D eigenvalue weighted by Crippen LogP contribution is 2.17. The largest absolute Gasteiger partial charge is 0.465 e. The number of hydrogen-bond acceptors (Lipinski definition) is 2. The summed E-state index contributed by atoms with van der Waals surface area (Å²) < 4.78 is 11.4. The third-order valence-electron chi connectivity index (χ3n) is 3.60. The molecule has 2 atom stereocenters. The molecule has 0 radical (unpaired) electrons. The van der Waals surface area contributed by atoms with E-state index in [-0.39, 0.29) is 6.29 Å². The van der Waals surface area contributed by atoms with Crippen LogP contribution in [0.5, 0.6) is 5.75 Å². The minimum atomic E-state index is -0.223. The Morgan fingerprint density at radius 1 is 1.19 bits per heavy atom. The van der Waals surface area contributed by atoms with Crippen LogP contribution in [-0.2, 0) is 4.74 Å². The van der Waals surface area contributed by atoms with Gasteiger partial charge < -0.3 is 9.47 Å². The van der Waals surface area contributed by atoms with Crippen LogP contribution >= 0.6 is 0 Å². The molecular weight excluding hydrogens is 260 g/mol. The van der Waals surface area contributed by atoms with E-state index in [9.17, 15) is 0 Å². The Morgan fingerprint density at radius 2 is 1.90 bits per heavy atom. The normalized spacial score (nSPS) is 13.4. The molecule has 0 heterocycles. The molecule has 0 saturated carbocycles. The molecule has 0 aromatic heterocycles. The Morgan fingerprint density at radius 3 is 2.48 bits per heavy atom. The SMILES string of the molecule is C=CCC(CC)CCCOC(C)Oc1ccc(C=C)cc1. The maximum Gasteiger partial charge on any atom is 0.196 e. The van der Waals surface area contributed by atoms with Crippen LogP contribution in [0.4, 0.5) is 0 Å². The van der Waals surface area contributed by atoms with Gasteiger partial charge in [0, 0.05) is 0 Å². The van der Waals surface area contributed by atoms with Crippen molar-refractivity contribution in [3.05, 3.63) is 49.1 Å². The van der Waals surface area contributed by atoms with Gasteiger partial charge in [-0.15, -0.1) is 6.58 Å². The summed E-state index contributed by atoms with van der Waals surface area (Å²) >= 11 is 0. The fraction of sp³-hybridized carbons (Fsp3) is 0.474. The van der Waals surface area contributed by atoms with E-state index in [4.69, 9.17) is 9.47 Å². The molecule has 1 aromatic rings. The van der Waals surface area contributed by atoms with Crippen molar-refractivity contribution < 1.29 is 9.47 Å². The summed E-state index contributed by atoms with van der Waals surface area (Å²) in [4.78, 5) is 0. The Hall–Kier alpha value is -1.54. The molecule has 0 saturated heterocycles. The smallest absolute Gasteiger partial charge is 0.196 e. The summed E-state index contributed by atoms with van der Waals surface area (Å²) in [5.41, 5.74) is 1.09. The summed E-state index contributed by atoms with van der Waals surface area (Å²) in [5, 5.41) is 0. The van der Waals surface area contributed by atoms with Gasteiger partial charge in [-0.2, -0.15) is 0 Å². The lowest BCUT2D eigenvalue weighted by atomic mass is 9.97. The highest BCUT2D eigenvalue weighted by atomic mass is 16.7. The van der Waals surface area contributed by atoms with Crippen LogP contribution in [-0.4, -0.2) is 12.9 Å². The van der Waals surface area contributed by atoms with Crippen molar-refractivity contribution in [2.45, 2.75) is 45.8 Å². The second-order valence-corrected chi connectivity index (χ2v) is 5.27. The van der Waals surface area contributed by atoms with E-state index in [1.807, 2.05) is 43.3 Å². The van der Waals surface area contributed by atoms with Crippen LogP contribution in [0.2, 0.25) is 0 Å². The van der Waals surface area contributed by atoms with Crippen molar-refractivity contribution in [3.8, 4) is 5.75 Å². The average molecular weight is 288 g/mol. The molecule has 0 N–H and O–H groups in total. The molecule has 0 amide bonds. The molecule has 0 fully saturated rings. The molecule has 0 spiro atoms. The fourth-order valence-electron chi connectivity index (χ4n) is 2.25. The van der Waals surface area contributed by atoms with E-state index in [2.05, 4.69) is 20.1 Å². The summed E-state index contributed by atoms with van der Waals surface area (Å²) in [7, 11) is 0. The molecule has 2 heteroatoms. The molecule has 2 nitrogen and oxygen atoms in total. The first-order valence-corrected chi connectivity index (χ1v) is 7.81. The maximum absolute atomic E-state index is 5.72. The second kappa shape index (κ2) is 10.2. The van der Waals surface area contributed by atoms with Gasteiger partial charge in [-0.25, -0.2) is 0 Å². The zero-order chi connectivity index (χ0) is 15.5. The predicted octanol–water partition coefficient (Wildman–Crippen LogP) is 5.45. The predicted molar refractivity (Wildman–Crippen MR) is 90.4 cm³/mol. The minimum absolute atomic E-state index is 0.223. The van der Waals surface area contributed by atoms with Crippen LogP contribution in [0.3, 0.4) is 0 Å². The highest BCUT2D eigenvalue weighted by molar-refractivity contribution is 5.48. The van der Waals surface area contributed by atoms with Crippen LogP contribution in [0, 0.1) is 5.92 Å². The van der Waals surface area contributed by atoms with Gasteiger partial charge in [0.15, 0.2) is 6.29 Å². The van der Waals surface area contributed by atoms with Crippen LogP contribution < -0.4 is 4.74 Å². The molecule has 2 unspecified atom stereocenters. The summed E-state index contributed by atoms with van der Waals surface area (Å²) in [6.07, 6.45) is 8.15. The van der Waals surface area contributed by atoms with E-state index in [1.165, 1.54) is 12.8 Å². The van der Waals surface area contributed by atoms with Crippen molar-refractivity contribution in [3.63, 3.8) is 0 Å². The van der Waals surface area contributed by atoms with Gasteiger partial charge in [0.2, 0.25) is 0 Å². The van der Waals surface area contributed by atoms with E-state index in [0.717, 1.165) is 36.7 Å². The molecule has 0 bridgehead atoms. The second-order valence-electron chi connectivity index (χ2n) is 5.27. The van der Waals surface area contributed by atoms with E-state index >= 15 is 0 Å². The van der Waals surface area contributed by atoms with Gasteiger partial charge in [0.05, 0.1) is 6.61 Å². The minimum Gasteiger partial charge on any atom is -0.465 e. The monoisotopic (exact) mass is 288 g/mol. The molecule has 0 aliphatic carbocycles. The number of ether oxygens (including phenoxy) is 2. The lowest BCUT2D eigenvalue weighted by Crippen LogP contribution is -2.17. The Bertz CT molecular complexity index is 408. The van der Waals surface area contributed by atoms with E-state index in [1.54, 1.807) is 0 Å². The Balaban J connectivity index is 2.22. The number of rotatable bonds is 11. The first kappa shape index (κ1) is 17.5. The standard InChI is InChI=1S/C19H28O2/c1-5-9-17(6-2)10-8-15-20-16(4)21-19-13-11-18(7-3)12-14-19/h5,7,11-14,16-17H,1,3,6,8-10,15H2,2,4H3. The zero-order valence-corrected chi connectivity index (χ0v) is 13.4. The third kappa shape index (κ3) is 7.14. The van der Waals surface area contributed by atoms with Gasteiger partial charge in [-0.1, -0.05) is 44.2 Å². The van der Waals surface area contributed by atoms with Gasteiger partial charge >= 0.3 is 0 Å². The van der Waals surface area contributed by atoms with Crippen LogP contribution in [0.15, 0.2) is 43.5 Å². The number of allylic oxidation sites excluding steroid dienone is 1. The van der Waals surface area contributed by atoms with E-state index in [0.29, 0.717) is 0 Å². The van der Waals surface area contributed by atoms with Crippen molar-refractivity contribution in [1.29, 1.82) is 0 Å². The molecule has 21 heavy (non-hydrogen) atoms. The topological polar surface area (TPSA) is 18.5 Å². The van der Waals surface area contributed by atoms with Gasteiger partial charge in [0.25, 0.3) is 0 Å². The maximum atomic E-state index is 5.72. The molecule has 1 aromatic carbocycles. The summed E-state index contributed by atoms with van der Waals surface area (Å²) in [6.45, 7) is 12.4. The Kier molecular flexibility index (Phi) is 8.53. The third-order valence-corrected chi connectivity index (χ3v) is 3.60. The number of hydrogen-bond donors (Lipinski definition) is 0. The van der Waals surface area contributed by atoms with Crippen molar-refractivity contribution in [1.82, 2.24) is 0 Å². The quantitative estimate of drug-likeness (QED) is 0.306. The Labute approximate surface area is 129 Å². The first-order valence-electron chi connectivity index (χ1n) is 7.81. The van der Waals surface area contributed by atoms with Gasteiger partial charge in [-0.3, -0.25) is 0 Å². The lowest BCUT2D eigenvalue weighted by molar-refractivity contribution is -0.0683. The lowest BCUT2D eigenvalue weighted by Gasteiger charge is -2.17.